The fourth-order valence-electron chi connectivity index (χ4n) is 1.19. The van der Waals surface area contributed by atoms with Gasteiger partial charge in [0.05, 0.1) is 7.11 Å². The summed E-state index contributed by atoms with van der Waals surface area (Å²) in [5, 5.41) is 3.16. The molecule has 0 saturated heterocycles. The van der Waals surface area contributed by atoms with Crippen LogP contribution < -0.4 is 10.1 Å². The average Bonchev–Trinajstić information content (AvgIpc) is 2.16. The van der Waals surface area contributed by atoms with E-state index in [1.54, 1.807) is 7.11 Å². The van der Waals surface area contributed by atoms with E-state index in [4.69, 9.17) is 4.74 Å². The summed E-state index contributed by atoms with van der Waals surface area (Å²) < 4.78 is 5.20. The molecule has 0 spiro atoms. The predicted octanol–water partition coefficient (Wildman–Crippen LogP) is 1.68. The quantitative estimate of drug-likeness (QED) is 0.768. The Hall–Kier alpha value is -1.09. The lowest BCUT2D eigenvalue weighted by Crippen LogP contribution is -2.14. The van der Waals surface area contributed by atoms with Gasteiger partial charge in [-0.3, -0.25) is 0 Å². The average molecular weight is 180 g/mol. The molecule has 0 fully saturated rings. The van der Waals surface area contributed by atoms with Gasteiger partial charge in [0.15, 0.2) is 0 Å². The van der Waals surface area contributed by atoms with E-state index in [2.05, 4.69) is 17.2 Å². The van der Waals surface area contributed by atoms with Crippen molar-refractivity contribution in [2.24, 2.45) is 0 Å². The number of aromatic nitrogens is 1. The Morgan fingerprint density at radius 2 is 2.15 bits per heavy atom. The first-order chi connectivity index (χ1) is 6.19. The van der Waals surface area contributed by atoms with Gasteiger partial charge in [-0.1, -0.05) is 6.07 Å². The topological polar surface area (TPSA) is 34.2 Å². The van der Waals surface area contributed by atoms with Crippen LogP contribution in [0.5, 0.6) is 5.88 Å². The monoisotopic (exact) mass is 180 g/mol. The molecule has 1 rings (SSSR count). The van der Waals surface area contributed by atoms with Crippen LogP contribution in [0.15, 0.2) is 12.1 Å². The molecule has 0 aliphatic rings. The molecule has 1 heterocycles. The summed E-state index contributed by atoms with van der Waals surface area (Å²) in [5.41, 5.74) is 2.07. The van der Waals surface area contributed by atoms with E-state index in [1.807, 2.05) is 26.1 Å². The van der Waals surface area contributed by atoms with Crippen LogP contribution in [0.4, 0.5) is 0 Å². The molecule has 0 amide bonds. The van der Waals surface area contributed by atoms with Crippen molar-refractivity contribution in [3.63, 3.8) is 0 Å². The highest BCUT2D eigenvalue weighted by atomic mass is 16.5. The molecule has 1 aromatic rings. The number of methoxy groups -OCH3 is 1. The van der Waals surface area contributed by atoms with Crippen molar-refractivity contribution in [1.82, 2.24) is 10.3 Å². The van der Waals surface area contributed by atoms with E-state index in [1.165, 1.54) is 0 Å². The molecular weight excluding hydrogens is 164 g/mol. The SMILES string of the molecule is CN[C@@H](C)c1ccc(C)nc1OC. The van der Waals surface area contributed by atoms with Gasteiger partial charge in [0.2, 0.25) is 5.88 Å². The van der Waals surface area contributed by atoms with Crippen LogP contribution in [0.3, 0.4) is 0 Å². The van der Waals surface area contributed by atoms with Crippen LogP contribution in [0.1, 0.15) is 24.2 Å². The number of rotatable bonds is 3. The molecule has 0 aromatic carbocycles. The zero-order valence-electron chi connectivity index (χ0n) is 8.59. The highest BCUT2D eigenvalue weighted by Gasteiger charge is 2.10. The van der Waals surface area contributed by atoms with Gasteiger partial charge in [-0.2, -0.15) is 0 Å². The van der Waals surface area contributed by atoms with Gasteiger partial charge in [-0.05, 0) is 27.0 Å². The molecule has 1 N–H and O–H groups in total. The molecule has 0 radical (unpaired) electrons. The smallest absolute Gasteiger partial charge is 0.218 e. The molecule has 0 aliphatic carbocycles. The molecule has 3 nitrogen and oxygen atoms in total. The molecule has 1 atom stereocenters. The summed E-state index contributed by atoms with van der Waals surface area (Å²) in [7, 11) is 3.57. The third kappa shape index (κ3) is 2.18. The second-order valence-electron chi connectivity index (χ2n) is 3.06. The first-order valence-corrected chi connectivity index (χ1v) is 4.37. The molecular formula is C10H16N2O. The Morgan fingerprint density at radius 3 is 2.69 bits per heavy atom. The molecule has 72 valence electrons. The summed E-state index contributed by atoms with van der Waals surface area (Å²) in [6.07, 6.45) is 0. The Balaban J connectivity index is 3.05. The first kappa shape index (κ1) is 9.99. The van der Waals surface area contributed by atoms with E-state index in [9.17, 15) is 0 Å². The van der Waals surface area contributed by atoms with Crippen LogP contribution in [-0.4, -0.2) is 19.1 Å². The molecule has 0 aliphatic heterocycles. The minimum atomic E-state index is 0.267. The maximum Gasteiger partial charge on any atom is 0.218 e. The van der Waals surface area contributed by atoms with Crippen molar-refractivity contribution in [3.8, 4) is 5.88 Å². The van der Waals surface area contributed by atoms with E-state index in [-0.39, 0.29) is 6.04 Å². The second kappa shape index (κ2) is 4.23. The lowest BCUT2D eigenvalue weighted by Gasteiger charge is -2.13. The van der Waals surface area contributed by atoms with E-state index in [0.29, 0.717) is 5.88 Å². The fraction of sp³-hybridized carbons (Fsp3) is 0.500. The van der Waals surface area contributed by atoms with E-state index < -0.39 is 0 Å². The molecule has 0 saturated carbocycles. The third-order valence-electron chi connectivity index (χ3n) is 2.12. The number of ether oxygens (including phenoxy) is 1. The number of hydrogen-bond acceptors (Lipinski definition) is 3. The van der Waals surface area contributed by atoms with E-state index in [0.717, 1.165) is 11.3 Å². The highest BCUT2D eigenvalue weighted by Crippen LogP contribution is 2.22. The van der Waals surface area contributed by atoms with Crippen molar-refractivity contribution >= 4 is 0 Å². The van der Waals surface area contributed by atoms with Gasteiger partial charge in [-0.15, -0.1) is 0 Å². The van der Waals surface area contributed by atoms with Crippen molar-refractivity contribution in [1.29, 1.82) is 0 Å². The number of pyridine rings is 1. The molecule has 0 bridgehead atoms. The number of nitrogens with zero attached hydrogens (tertiary/aromatic N) is 1. The van der Waals surface area contributed by atoms with Gasteiger partial charge in [0.1, 0.15) is 0 Å². The normalized spacial score (nSPS) is 12.6. The van der Waals surface area contributed by atoms with Gasteiger partial charge >= 0.3 is 0 Å². The molecule has 3 heteroatoms. The number of hydrogen-bond donors (Lipinski definition) is 1. The highest BCUT2D eigenvalue weighted by molar-refractivity contribution is 5.30. The van der Waals surface area contributed by atoms with Gasteiger partial charge in [-0.25, -0.2) is 4.98 Å². The van der Waals surface area contributed by atoms with Gasteiger partial charge in [0, 0.05) is 17.3 Å². The van der Waals surface area contributed by atoms with Gasteiger partial charge in [0.25, 0.3) is 0 Å². The Morgan fingerprint density at radius 1 is 1.46 bits per heavy atom. The van der Waals surface area contributed by atoms with Crippen molar-refractivity contribution in [2.45, 2.75) is 19.9 Å². The van der Waals surface area contributed by atoms with Crippen LogP contribution in [0.2, 0.25) is 0 Å². The lowest BCUT2D eigenvalue weighted by molar-refractivity contribution is 0.386. The molecule has 1 aromatic heterocycles. The first-order valence-electron chi connectivity index (χ1n) is 4.37. The number of aryl methyl sites for hydroxylation is 1. The largest absolute Gasteiger partial charge is 0.481 e. The standard InChI is InChI=1S/C10H16N2O/c1-7-5-6-9(8(2)11-3)10(12-7)13-4/h5-6,8,11H,1-4H3/t8-/m0/s1. The predicted molar refractivity (Wildman–Crippen MR) is 53.0 cm³/mol. The zero-order valence-corrected chi connectivity index (χ0v) is 8.59. The van der Waals surface area contributed by atoms with Crippen LogP contribution in [0.25, 0.3) is 0 Å². The summed E-state index contributed by atoms with van der Waals surface area (Å²) in [6.45, 7) is 4.03. The lowest BCUT2D eigenvalue weighted by atomic mass is 10.1. The summed E-state index contributed by atoms with van der Waals surface area (Å²) >= 11 is 0. The summed E-state index contributed by atoms with van der Waals surface area (Å²) in [6, 6.07) is 4.30. The zero-order chi connectivity index (χ0) is 9.84. The Labute approximate surface area is 79.1 Å². The molecule has 13 heavy (non-hydrogen) atoms. The van der Waals surface area contributed by atoms with Crippen molar-refractivity contribution < 1.29 is 4.74 Å². The summed E-state index contributed by atoms with van der Waals surface area (Å²) in [5.74, 6) is 0.710. The van der Waals surface area contributed by atoms with Crippen LogP contribution >= 0.6 is 0 Å². The van der Waals surface area contributed by atoms with Crippen molar-refractivity contribution in [3.05, 3.63) is 23.4 Å². The maximum absolute atomic E-state index is 5.20. The maximum atomic E-state index is 5.20. The summed E-state index contributed by atoms with van der Waals surface area (Å²) in [4.78, 5) is 4.30. The second-order valence-corrected chi connectivity index (χ2v) is 3.06. The Bertz CT molecular complexity index is 286. The van der Waals surface area contributed by atoms with Crippen LogP contribution in [0, 0.1) is 6.92 Å². The van der Waals surface area contributed by atoms with Crippen molar-refractivity contribution in [2.75, 3.05) is 14.2 Å². The minimum absolute atomic E-state index is 0.267. The third-order valence-corrected chi connectivity index (χ3v) is 2.12. The van der Waals surface area contributed by atoms with Gasteiger partial charge < -0.3 is 10.1 Å². The minimum Gasteiger partial charge on any atom is -0.481 e. The fourth-order valence-corrected chi connectivity index (χ4v) is 1.19. The van der Waals surface area contributed by atoms with Crippen LogP contribution in [-0.2, 0) is 0 Å². The Kier molecular flexibility index (Phi) is 3.25. The van der Waals surface area contributed by atoms with E-state index >= 15 is 0 Å². The number of nitrogens with one attached hydrogen (secondary N) is 1. The molecule has 0 unspecified atom stereocenters.